The van der Waals surface area contributed by atoms with E-state index in [1.165, 1.54) is 17.0 Å². The normalized spacial score (nSPS) is 11.0. The van der Waals surface area contributed by atoms with Crippen LogP contribution in [0.1, 0.15) is 22.4 Å². The third kappa shape index (κ3) is 5.94. The number of halogens is 2. The Bertz CT molecular complexity index is 663. The van der Waals surface area contributed by atoms with Gasteiger partial charge in [-0.15, -0.1) is 35.3 Å². The fourth-order valence-electron chi connectivity index (χ4n) is 1.82. The van der Waals surface area contributed by atoms with Crippen molar-refractivity contribution in [1.82, 2.24) is 15.6 Å². The second-order valence-electron chi connectivity index (χ2n) is 4.64. The summed E-state index contributed by atoms with van der Waals surface area (Å²) in [4.78, 5) is 9.69. The SMILES string of the molecule is CCc1cnc(CNC(=NC)NCc2ccc(O)c(F)c2)s1.I. The van der Waals surface area contributed by atoms with Gasteiger partial charge in [-0.05, 0) is 24.1 Å². The molecule has 0 amide bonds. The number of nitrogens with one attached hydrogen (secondary N) is 2. The third-order valence-electron chi connectivity index (χ3n) is 3.05. The maximum atomic E-state index is 13.3. The van der Waals surface area contributed by atoms with Crippen LogP contribution in [-0.2, 0) is 19.5 Å². The lowest BCUT2D eigenvalue weighted by molar-refractivity contribution is 0.431. The second kappa shape index (κ2) is 9.66. The highest BCUT2D eigenvalue weighted by molar-refractivity contribution is 14.0. The van der Waals surface area contributed by atoms with Crippen molar-refractivity contribution in [3.05, 3.63) is 45.7 Å². The number of rotatable bonds is 5. The molecule has 5 nitrogen and oxygen atoms in total. The molecule has 2 rings (SSSR count). The average Bonchev–Trinajstić information content (AvgIpc) is 2.99. The third-order valence-corrected chi connectivity index (χ3v) is 4.19. The van der Waals surface area contributed by atoms with E-state index in [1.54, 1.807) is 24.5 Å². The van der Waals surface area contributed by atoms with Crippen LogP contribution in [0, 0.1) is 5.82 Å². The van der Waals surface area contributed by atoms with Crippen molar-refractivity contribution in [2.75, 3.05) is 7.05 Å². The summed E-state index contributed by atoms with van der Waals surface area (Å²) in [7, 11) is 1.67. The van der Waals surface area contributed by atoms with Gasteiger partial charge >= 0.3 is 0 Å². The maximum absolute atomic E-state index is 13.3. The zero-order valence-electron chi connectivity index (χ0n) is 13.0. The number of thiazole rings is 1. The molecule has 0 saturated heterocycles. The molecule has 23 heavy (non-hydrogen) atoms. The van der Waals surface area contributed by atoms with Crippen molar-refractivity contribution >= 4 is 41.3 Å². The van der Waals surface area contributed by atoms with Gasteiger partial charge in [0, 0.05) is 24.7 Å². The fourth-order valence-corrected chi connectivity index (χ4v) is 2.62. The van der Waals surface area contributed by atoms with Gasteiger partial charge in [-0.1, -0.05) is 13.0 Å². The van der Waals surface area contributed by atoms with Gasteiger partial charge in [0.15, 0.2) is 17.5 Å². The molecule has 0 spiro atoms. The van der Waals surface area contributed by atoms with Gasteiger partial charge < -0.3 is 15.7 Å². The molecular weight excluding hydrogens is 430 g/mol. The minimum atomic E-state index is -0.628. The van der Waals surface area contributed by atoms with E-state index in [1.807, 2.05) is 6.20 Å². The zero-order valence-corrected chi connectivity index (χ0v) is 16.1. The quantitative estimate of drug-likeness (QED) is 0.372. The topological polar surface area (TPSA) is 69.5 Å². The van der Waals surface area contributed by atoms with Crippen LogP contribution in [0.3, 0.4) is 0 Å². The van der Waals surface area contributed by atoms with Crippen LogP contribution in [0.2, 0.25) is 0 Å². The summed E-state index contributed by atoms with van der Waals surface area (Å²) in [5.74, 6) is -0.361. The summed E-state index contributed by atoms with van der Waals surface area (Å²) in [5, 5.41) is 16.4. The summed E-state index contributed by atoms with van der Waals surface area (Å²) in [5.41, 5.74) is 0.723. The Morgan fingerprint density at radius 2 is 2.09 bits per heavy atom. The Morgan fingerprint density at radius 1 is 1.35 bits per heavy atom. The van der Waals surface area contributed by atoms with Gasteiger partial charge in [0.05, 0.1) is 6.54 Å². The van der Waals surface area contributed by atoms with E-state index in [4.69, 9.17) is 5.11 Å². The summed E-state index contributed by atoms with van der Waals surface area (Å²) in [6.45, 7) is 3.10. The number of aliphatic imine (C=N–C) groups is 1. The van der Waals surface area contributed by atoms with E-state index in [0.29, 0.717) is 19.0 Å². The van der Waals surface area contributed by atoms with E-state index in [9.17, 15) is 4.39 Å². The number of aromatic nitrogens is 1. The molecule has 0 aliphatic heterocycles. The number of benzene rings is 1. The van der Waals surface area contributed by atoms with Crippen molar-refractivity contribution in [1.29, 1.82) is 0 Å². The van der Waals surface area contributed by atoms with Crippen molar-refractivity contribution in [3.63, 3.8) is 0 Å². The van der Waals surface area contributed by atoms with Gasteiger partial charge in [-0.2, -0.15) is 0 Å². The van der Waals surface area contributed by atoms with Gasteiger partial charge in [0.25, 0.3) is 0 Å². The lowest BCUT2D eigenvalue weighted by Gasteiger charge is -2.11. The van der Waals surface area contributed by atoms with E-state index in [-0.39, 0.29) is 29.7 Å². The summed E-state index contributed by atoms with van der Waals surface area (Å²) >= 11 is 1.67. The molecule has 1 aromatic carbocycles. The van der Waals surface area contributed by atoms with Crippen LogP contribution >= 0.6 is 35.3 Å². The number of nitrogens with zero attached hydrogens (tertiary/aromatic N) is 2. The first-order valence-corrected chi connectivity index (χ1v) is 7.79. The van der Waals surface area contributed by atoms with E-state index in [0.717, 1.165) is 17.0 Å². The highest BCUT2D eigenvalue weighted by Gasteiger charge is 2.04. The van der Waals surface area contributed by atoms with Crippen molar-refractivity contribution in [2.45, 2.75) is 26.4 Å². The Balaban J connectivity index is 0.00000264. The average molecular weight is 450 g/mol. The lowest BCUT2D eigenvalue weighted by atomic mass is 10.2. The van der Waals surface area contributed by atoms with Gasteiger partial charge in [-0.25, -0.2) is 9.37 Å². The van der Waals surface area contributed by atoms with Crippen LogP contribution in [0.4, 0.5) is 4.39 Å². The summed E-state index contributed by atoms with van der Waals surface area (Å²) in [6.07, 6.45) is 2.87. The first-order valence-electron chi connectivity index (χ1n) is 6.98. The molecule has 0 aliphatic rings. The number of hydrogen-bond donors (Lipinski definition) is 3. The first kappa shape index (κ1) is 19.6. The minimum Gasteiger partial charge on any atom is -0.505 e. The van der Waals surface area contributed by atoms with Crippen LogP contribution in [0.15, 0.2) is 29.4 Å². The fraction of sp³-hybridized carbons (Fsp3) is 0.333. The van der Waals surface area contributed by atoms with Crippen LogP contribution < -0.4 is 10.6 Å². The van der Waals surface area contributed by atoms with Crippen LogP contribution in [-0.4, -0.2) is 23.1 Å². The number of phenolic OH excluding ortho intramolecular Hbond substituents is 1. The van der Waals surface area contributed by atoms with Crippen molar-refractivity contribution < 1.29 is 9.50 Å². The molecule has 1 aromatic heterocycles. The second-order valence-corrected chi connectivity index (χ2v) is 5.84. The van der Waals surface area contributed by atoms with E-state index < -0.39 is 5.82 Å². The van der Waals surface area contributed by atoms with Crippen LogP contribution in [0.25, 0.3) is 0 Å². The largest absolute Gasteiger partial charge is 0.505 e. The molecule has 1 heterocycles. The molecule has 0 radical (unpaired) electrons. The summed E-state index contributed by atoms with van der Waals surface area (Å²) < 4.78 is 13.3. The van der Waals surface area contributed by atoms with Crippen molar-refractivity contribution in [2.24, 2.45) is 4.99 Å². The minimum absolute atomic E-state index is 0. The monoisotopic (exact) mass is 450 g/mol. The van der Waals surface area contributed by atoms with Gasteiger partial charge in [0.1, 0.15) is 5.01 Å². The first-order chi connectivity index (χ1) is 10.6. The highest BCUT2D eigenvalue weighted by atomic mass is 127. The van der Waals surface area contributed by atoms with Crippen molar-refractivity contribution in [3.8, 4) is 5.75 Å². The molecule has 0 fully saturated rings. The zero-order chi connectivity index (χ0) is 15.9. The highest BCUT2D eigenvalue weighted by Crippen LogP contribution is 2.16. The maximum Gasteiger partial charge on any atom is 0.191 e. The molecule has 8 heteroatoms. The number of guanidine groups is 1. The molecule has 2 aromatic rings. The standard InChI is InChI=1S/C15H19FN4OS.HI/c1-3-11-8-18-14(22-11)9-20-15(17-2)19-7-10-4-5-13(21)12(16)6-10;/h4-6,8,21H,3,7,9H2,1-2H3,(H2,17,19,20);1H. The molecule has 0 aliphatic carbocycles. The predicted molar refractivity (Wildman–Crippen MR) is 102 cm³/mol. The molecule has 0 atom stereocenters. The summed E-state index contributed by atoms with van der Waals surface area (Å²) in [6, 6.07) is 4.29. The molecule has 0 saturated carbocycles. The number of aryl methyl sites for hydroxylation is 1. The van der Waals surface area contributed by atoms with E-state index in [2.05, 4.69) is 27.5 Å². The number of hydrogen-bond acceptors (Lipinski definition) is 4. The molecule has 0 bridgehead atoms. The van der Waals surface area contributed by atoms with Gasteiger partial charge in [-0.3, -0.25) is 4.99 Å². The Morgan fingerprint density at radius 3 is 2.70 bits per heavy atom. The molecule has 0 unspecified atom stereocenters. The Labute approximate surface area is 156 Å². The molecular formula is C15H20FIN4OS. The number of aromatic hydroxyl groups is 1. The van der Waals surface area contributed by atoms with Gasteiger partial charge in [0.2, 0.25) is 0 Å². The smallest absolute Gasteiger partial charge is 0.191 e. The lowest BCUT2D eigenvalue weighted by Crippen LogP contribution is -2.36. The molecule has 3 N–H and O–H groups in total. The Kier molecular flexibility index (Phi) is 8.24. The van der Waals surface area contributed by atoms with Crippen LogP contribution in [0.5, 0.6) is 5.75 Å². The Hall–Kier alpha value is -1.42. The predicted octanol–water partition coefficient (Wildman–Crippen LogP) is 3.03. The van der Waals surface area contributed by atoms with E-state index >= 15 is 0 Å². The molecule has 126 valence electrons. The number of phenols is 1.